The molecule has 0 saturated heterocycles. The summed E-state index contributed by atoms with van der Waals surface area (Å²) in [7, 11) is 2.08. The van der Waals surface area contributed by atoms with E-state index >= 15 is 0 Å². The van der Waals surface area contributed by atoms with Crippen LogP contribution in [-0.4, -0.2) is 49.0 Å². The molecule has 0 saturated carbocycles. The van der Waals surface area contributed by atoms with E-state index in [0.717, 1.165) is 49.9 Å². The summed E-state index contributed by atoms with van der Waals surface area (Å²) < 4.78 is 0. The van der Waals surface area contributed by atoms with E-state index in [2.05, 4.69) is 42.3 Å². The molecule has 0 atom stereocenters. The number of rotatable bonds is 10. The molecule has 1 N–H and O–H groups in total. The summed E-state index contributed by atoms with van der Waals surface area (Å²) in [5.74, 6) is 3.05. The molecule has 0 aliphatic rings. The Kier molecular flexibility index (Phi) is 17.7. The number of guanidine groups is 1. The molecule has 0 heterocycles. The molecule has 0 aromatic carbocycles. The Morgan fingerprint density at radius 2 is 2.11 bits per heavy atom. The predicted octanol–water partition coefficient (Wildman–Crippen LogP) is 3.39. The van der Waals surface area contributed by atoms with Gasteiger partial charge in [0.05, 0.1) is 6.54 Å². The molecule has 0 aliphatic carbocycles. The highest BCUT2D eigenvalue weighted by atomic mass is 127. The summed E-state index contributed by atoms with van der Waals surface area (Å²) in [6.07, 6.45) is 6.07. The van der Waals surface area contributed by atoms with Gasteiger partial charge < -0.3 is 10.2 Å². The van der Waals surface area contributed by atoms with Crippen LogP contribution in [0.15, 0.2) is 30.3 Å². The lowest BCUT2D eigenvalue weighted by Gasteiger charge is -2.21. The lowest BCUT2D eigenvalue weighted by Crippen LogP contribution is -2.39. The second kappa shape index (κ2) is 15.9. The number of aliphatic imine (C=N–C) groups is 1. The van der Waals surface area contributed by atoms with Crippen LogP contribution in [0.5, 0.6) is 0 Å². The van der Waals surface area contributed by atoms with Crippen molar-refractivity contribution >= 4 is 41.7 Å². The second-order valence-electron chi connectivity index (χ2n) is 3.95. The van der Waals surface area contributed by atoms with Gasteiger partial charge in [-0.3, -0.25) is 4.99 Å². The van der Waals surface area contributed by atoms with Crippen molar-refractivity contribution in [2.24, 2.45) is 4.99 Å². The van der Waals surface area contributed by atoms with Crippen LogP contribution >= 0.6 is 35.7 Å². The molecular formula is C14H28IN3S. The van der Waals surface area contributed by atoms with Crippen molar-refractivity contribution in [2.75, 3.05) is 38.2 Å². The smallest absolute Gasteiger partial charge is 0.193 e. The van der Waals surface area contributed by atoms with Crippen LogP contribution in [0, 0.1) is 0 Å². The lowest BCUT2D eigenvalue weighted by molar-refractivity contribution is 0.470. The fourth-order valence-corrected chi connectivity index (χ4v) is 1.98. The molecule has 0 radical (unpaired) electrons. The first-order valence-corrected chi connectivity index (χ1v) is 7.70. The lowest BCUT2D eigenvalue weighted by atomic mass is 10.3. The summed E-state index contributed by atoms with van der Waals surface area (Å²) in [6, 6.07) is 0. The van der Waals surface area contributed by atoms with E-state index in [1.807, 2.05) is 23.9 Å². The summed E-state index contributed by atoms with van der Waals surface area (Å²) >= 11 is 1.86. The first kappa shape index (κ1) is 21.1. The molecule has 0 aliphatic heterocycles. The standard InChI is InChI=1S/C14H27N3S.HI/c1-5-8-9-11-17(4)14(15-7-3)16-10-13-18-12-6-2;/h5-6H,1-2,7-13H2,3-4H3,(H,15,16);1H. The van der Waals surface area contributed by atoms with Gasteiger partial charge in [0, 0.05) is 31.6 Å². The third kappa shape index (κ3) is 12.6. The molecule has 0 spiro atoms. The minimum atomic E-state index is 0. The highest BCUT2D eigenvalue weighted by Crippen LogP contribution is 2.00. The Hall–Kier alpha value is -0.170. The number of hydrogen-bond acceptors (Lipinski definition) is 2. The van der Waals surface area contributed by atoms with Crippen molar-refractivity contribution in [1.82, 2.24) is 10.2 Å². The minimum Gasteiger partial charge on any atom is -0.357 e. The molecule has 0 unspecified atom stereocenters. The fourth-order valence-electron chi connectivity index (χ4n) is 1.43. The zero-order valence-corrected chi connectivity index (χ0v) is 15.4. The molecule has 5 heteroatoms. The van der Waals surface area contributed by atoms with Gasteiger partial charge in [-0.1, -0.05) is 12.2 Å². The largest absolute Gasteiger partial charge is 0.357 e. The van der Waals surface area contributed by atoms with Gasteiger partial charge in [0.1, 0.15) is 0 Å². The van der Waals surface area contributed by atoms with Crippen molar-refractivity contribution in [2.45, 2.75) is 19.8 Å². The second-order valence-corrected chi connectivity index (χ2v) is 5.10. The summed E-state index contributed by atoms with van der Waals surface area (Å²) in [6.45, 7) is 12.3. The number of halogens is 1. The van der Waals surface area contributed by atoms with Gasteiger partial charge in [-0.05, 0) is 19.8 Å². The first-order valence-electron chi connectivity index (χ1n) is 6.55. The molecule has 112 valence electrons. The van der Waals surface area contributed by atoms with E-state index in [1.165, 1.54) is 0 Å². The van der Waals surface area contributed by atoms with Gasteiger partial charge in [-0.15, -0.1) is 37.1 Å². The van der Waals surface area contributed by atoms with E-state index in [-0.39, 0.29) is 24.0 Å². The Labute approximate surface area is 140 Å². The molecule has 0 aromatic rings. The Bertz CT molecular complexity index is 257. The molecule has 0 fully saturated rings. The first-order chi connectivity index (χ1) is 8.76. The van der Waals surface area contributed by atoms with Gasteiger partial charge in [0.2, 0.25) is 0 Å². The van der Waals surface area contributed by atoms with Gasteiger partial charge in [0.15, 0.2) is 5.96 Å². The molecule has 0 aromatic heterocycles. The summed E-state index contributed by atoms with van der Waals surface area (Å²) in [5.41, 5.74) is 0. The van der Waals surface area contributed by atoms with Gasteiger partial charge in [0.25, 0.3) is 0 Å². The monoisotopic (exact) mass is 397 g/mol. The zero-order valence-electron chi connectivity index (χ0n) is 12.2. The summed E-state index contributed by atoms with van der Waals surface area (Å²) in [4.78, 5) is 6.80. The van der Waals surface area contributed by atoms with Crippen molar-refractivity contribution in [3.05, 3.63) is 25.3 Å². The van der Waals surface area contributed by atoms with Crippen LogP contribution in [0.2, 0.25) is 0 Å². The van der Waals surface area contributed by atoms with Gasteiger partial charge in [-0.25, -0.2) is 0 Å². The van der Waals surface area contributed by atoms with Crippen molar-refractivity contribution in [3.8, 4) is 0 Å². The molecule has 19 heavy (non-hydrogen) atoms. The number of nitrogens with one attached hydrogen (secondary N) is 1. The predicted molar refractivity (Wildman–Crippen MR) is 101 cm³/mol. The van der Waals surface area contributed by atoms with Crippen LogP contribution < -0.4 is 5.32 Å². The van der Waals surface area contributed by atoms with E-state index in [0.29, 0.717) is 0 Å². The van der Waals surface area contributed by atoms with Crippen molar-refractivity contribution in [3.63, 3.8) is 0 Å². The highest BCUT2D eigenvalue weighted by molar-refractivity contribution is 14.0. The van der Waals surface area contributed by atoms with Crippen LogP contribution in [-0.2, 0) is 0 Å². The van der Waals surface area contributed by atoms with Gasteiger partial charge >= 0.3 is 0 Å². The van der Waals surface area contributed by atoms with E-state index in [4.69, 9.17) is 0 Å². The third-order valence-corrected chi connectivity index (χ3v) is 3.27. The van der Waals surface area contributed by atoms with Crippen LogP contribution in [0.3, 0.4) is 0 Å². The van der Waals surface area contributed by atoms with Crippen LogP contribution in [0.25, 0.3) is 0 Å². The molecule has 3 nitrogen and oxygen atoms in total. The Balaban J connectivity index is 0. The fraction of sp³-hybridized carbons (Fsp3) is 0.643. The van der Waals surface area contributed by atoms with E-state index in [9.17, 15) is 0 Å². The van der Waals surface area contributed by atoms with Crippen molar-refractivity contribution in [1.29, 1.82) is 0 Å². The Morgan fingerprint density at radius 3 is 2.68 bits per heavy atom. The molecular weight excluding hydrogens is 369 g/mol. The van der Waals surface area contributed by atoms with Crippen LogP contribution in [0.4, 0.5) is 0 Å². The topological polar surface area (TPSA) is 27.6 Å². The van der Waals surface area contributed by atoms with Gasteiger partial charge in [-0.2, -0.15) is 11.8 Å². The molecule has 0 amide bonds. The minimum absolute atomic E-state index is 0. The number of hydrogen-bond donors (Lipinski definition) is 1. The van der Waals surface area contributed by atoms with Crippen LogP contribution in [0.1, 0.15) is 19.8 Å². The average molecular weight is 397 g/mol. The number of allylic oxidation sites excluding steroid dienone is 1. The normalized spacial score (nSPS) is 10.5. The number of thioether (sulfide) groups is 1. The SMILES string of the molecule is C=CCCCN(C)C(=NCCSCC=C)NCC.I. The number of unbranched alkanes of at least 4 members (excludes halogenated alkanes) is 1. The molecule has 0 bridgehead atoms. The summed E-state index contributed by atoms with van der Waals surface area (Å²) in [5, 5.41) is 3.32. The quantitative estimate of drug-likeness (QED) is 0.201. The Morgan fingerprint density at radius 1 is 1.37 bits per heavy atom. The number of nitrogens with zero attached hydrogens (tertiary/aromatic N) is 2. The molecule has 0 rings (SSSR count). The van der Waals surface area contributed by atoms with Crippen molar-refractivity contribution < 1.29 is 0 Å². The zero-order chi connectivity index (χ0) is 13.6. The average Bonchev–Trinajstić information content (AvgIpc) is 2.37. The third-order valence-electron chi connectivity index (χ3n) is 2.33. The maximum atomic E-state index is 4.61. The van der Waals surface area contributed by atoms with E-state index < -0.39 is 0 Å². The highest BCUT2D eigenvalue weighted by Gasteiger charge is 2.03. The van der Waals surface area contributed by atoms with E-state index in [1.54, 1.807) is 0 Å². The maximum absolute atomic E-state index is 4.61. The maximum Gasteiger partial charge on any atom is 0.193 e.